The number of halogens is 1. The quantitative estimate of drug-likeness (QED) is 0.878. The molecule has 1 aromatic heterocycles. The van der Waals surface area contributed by atoms with Crippen LogP contribution >= 0.6 is 11.6 Å². The van der Waals surface area contributed by atoms with Gasteiger partial charge in [0.25, 0.3) is 0 Å². The summed E-state index contributed by atoms with van der Waals surface area (Å²) in [5.41, 5.74) is 0.971. The molecule has 1 heterocycles. The molecule has 1 aromatic carbocycles. The second-order valence-corrected chi connectivity index (χ2v) is 5.27. The van der Waals surface area contributed by atoms with Gasteiger partial charge in [-0.1, -0.05) is 23.7 Å². The first-order valence-corrected chi connectivity index (χ1v) is 5.77. The van der Waals surface area contributed by atoms with E-state index < -0.39 is 11.4 Å². The van der Waals surface area contributed by atoms with Crippen molar-refractivity contribution in [1.29, 1.82) is 0 Å². The van der Waals surface area contributed by atoms with E-state index in [0.29, 0.717) is 11.4 Å². The van der Waals surface area contributed by atoms with E-state index >= 15 is 0 Å². The number of H-pyrrole nitrogens is 1. The van der Waals surface area contributed by atoms with Gasteiger partial charge in [0, 0.05) is 17.5 Å². The number of aromatic amines is 1. The van der Waals surface area contributed by atoms with Gasteiger partial charge in [-0.25, -0.2) is 0 Å². The summed E-state index contributed by atoms with van der Waals surface area (Å²) < 4.78 is 0. The van der Waals surface area contributed by atoms with Crippen LogP contribution in [0.1, 0.15) is 19.5 Å². The molecular formula is C13H14ClNO2. The molecule has 0 fully saturated rings. The maximum atomic E-state index is 11.1. The van der Waals surface area contributed by atoms with Crippen molar-refractivity contribution in [3.63, 3.8) is 0 Å². The van der Waals surface area contributed by atoms with Crippen molar-refractivity contribution in [2.45, 2.75) is 20.3 Å². The van der Waals surface area contributed by atoms with Gasteiger partial charge in [-0.05, 0) is 26.0 Å². The first-order valence-electron chi connectivity index (χ1n) is 5.40. The van der Waals surface area contributed by atoms with Crippen molar-refractivity contribution in [2.75, 3.05) is 0 Å². The summed E-state index contributed by atoms with van der Waals surface area (Å²) in [5, 5.41) is 10.8. The third kappa shape index (κ3) is 2.29. The number of para-hydroxylation sites is 1. The van der Waals surface area contributed by atoms with Crippen molar-refractivity contribution in [2.24, 2.45) is 5.41 Å². The summed E-state index contributed by atoms with van der Waals surface area (Å²) in [6.07, 6.45) is 0.452. The highest BCUT2D eigenvalue weighted by Crippen LogP contribution is 2.27. The van der Waals surface area contributed by atoms with E-state index in [-0.39, 0.29) is 0 Å². The molecule has 2 rings (SSSR count). The molecule has 0 saturated heterocycles. The molecule has 2 N–H and O–H groups in total. The third-order valence-electron chi connectivity index (χ3n) is 2.87. The second kappa shape index (κ2) is 4.08. The highest BCUT2D eigenvalue weighted by Gasteiger charge is 2.28. The van der Waals surface area contributed by atoms with E-state index in [1.54, 1.807) is 13.8 Å². The molecule has 0 amide bonds. The first-order chi connectivity index (χ1) is 7.90. The molecule has 0 aliphatic carbocycles. The van der Waals surface area contributed by atoms with Crippen LogP contribution in [-0.4, -0.2) is 16.1 Å². The molecule has 0 aliphatic heterocycles. The topological polar surface area (TPSA) is 53.1 Å². The Labute approximate surface area is 104 Å². The van der Waals surface area contributed by atoms with E-state index in [1.165, 1.54) is 0 Å². The summed E-state index contributed by atoms with van der Waals surface area (Å²) in [7, 11) is 0. The minimum Gasteiger partial charge on any atom is -0.481 e. The van der Waals surface area contributed by atoms with Gasteiger partial charge in [-0.3, -0.25) is 4.79 Å². The molecule has 2 aromatic rings. The number of benzene rings is 1. The van der Waals surface area contributed by atoms with E-state index in [2.05, 4.69) is 4.98 Å². The summed E-state index contributed by atoms with van der Waals surface area (Å²) in [6.45, 7) is 3.42. The third-order valence-corrected chi connectivity index (χ3v) is 3.19. The smallest absolute Gasteiger partial charge is 0.309 e. The van der Waals surface area contributed by atoms with Gasteiger partial charge in [0.2, 0.25) is 0 Å². The molecule has 0 unspecified atom stereocenters. The normalized spacial score (nSPS) is 11.9. The van der Waals surface area contributed by atoms with Crippen molar-refractivity contribution < 1.29 is 9.90 Å². The van der Waals surface area contributed by atoms with Gasteiger partial charge in [-0.2, -0.15) is 0 Å². The first kappa shape index (κ1) is 12.0. The highest BCUT2D eigenvalue weighted by atomic mass is 35.5. The summed E-state index contributed by atoms with van der Waals surface area (Å²) in [5.74, 6) is -0.803. The van der Waals surface area contributed by atoms with Gasteiger partial charge >= 0.3 is 5.97 Å². The molecule has 90 valence electrons. The molecule has 4 heteroatoms. The van der Waals surface area contributed by atoms with Crippen LogP contribution in [0.2, 0.25) is 5.02 Å². The Kier molecular flexibility index (Phi) is 2.87. The zero-order chi connectivity index (χ0) is 12.6. The number of carboxylic acids is 1. The maximum Gasteiger partial charge on any atom is 0.309 e. The van der Waals surface area contributed by atoms with E-state index in [0.717, 1.165) is 16.6 Å². The van der Waals surface area contributed by atoms with Crippen LogP contribution in [0, 0.1) is 5.41 Å². The highest BCUT2D eigenvalue weighted by molar-refractivity contribution is 6.35. The van der Waals surface area contributed by atoms with E-state index in [4.69, 9.17) is 16.7 Å². The molecule has 3 nitrogen and oxygen atoms in total. The number of aliphatic carboxylic acids is 1. The fourth-order valence-corrected chi connectivity index (χ4v) is 2.05. The molecule has 0 atom stereocenters. The number of carbonyl (C=O) groups is 1. The Morgan fingerprint density at radius 2 is 2.18 bits per heavy atom. The maximum absolute atomic E-state index is 11.1. The fourth-order valence-electron chi connectivity index (χ4n) is 1.82. The van der Waals surface area contributed by atoms with Crippen LogP contribution < -0.4 is 0 Å². The Morgan fingerprint density at radius 3 is 2.76 bits per heavy atom. The molecule has 0 bridgehead atoms. The summed E-state index contributed by atoms with van der Waals surface area (Å²) >= 11 is 6.06. The minimum absolute atomic E-state index is 0.452. The number of hydrogen-bond acceptors (Lipinski definition) is 1. The van der Waals surface area contributed by atoms with E-state index in [1.807, 2.05) is 24.3 Å². The number of fused-ring (bicyclic) bond motifs is 1. The van der Waals surface area contributed by atoms with Crippen LogP contribution in [-0.2, 0) is 11.2 Å². The van der Waals surface area contributed by atoms with Crippen LogP contribution in [0.5, 0.6) is 0 Å². The van der Waals surface area contributed by atoms with Gasteiger partial charge in [-0.15, -0.1) is 0 Å². The summed E-state index contributed by atoms with van der Waals surface area (Å²) in [4.78, 5) is 14.2. The van der Waals surface area contributed by atoms with Crippen molar-refractivity contribution >= 4 is 28.5 Å². The molecule has 0 spiro atoms. The lowest BCUT2D eigenvalue weighted by Crippen LogP contribution is -2.26. The lowest BCUT2D eigenvalue weighted by atomic mass is 9.88. The van der Waals surface area contributed by atoms with Crippen LogP contribution in [0.15, 0.2) is 24.3 Å². The lowest BCUT2D eigenvalue weighted by molar-refractivity contribution is -0.146. The number of nitrogens with one attached hydrogen (secondary N) is 1. The van der Waals surface area contributed by atoms with Crippen LogP contribution in [0.4, 0.5) is 0 Å². The minimum atomic E-state index is -0.803. The number of hydrogen-bond donors (Lipinski definition) is 2. The van der Waals surface area contributed by atoms with Crippen molar-refractivity contribution in [3.05, 3.63) is 35.0 Å². The van der Waals surface area contributed by atoms with E-state index in [9.17, 15) is 4.79 Å². The lowest BCUT2D eigenvalue weighted by Gasteiger charge is -2.17. The Hall–Kier alpha value is -1.48. The average Bonchev–Trinajstić information content (AvgIpc) is 2.60. The van der Waals surface area contributed by atoms with Gasteiger partial charge in [0.1, 0.15) is 0 Å². The summed E-state index contributed by atoms with van der Waals surface area (Å²) in [6, 6.07) is 7.60. The standard InChI is InChI=1S/C13H14ClNO2/c1-13(2,12(16)17)7-9-6-8-4-3-5-10(14)11(8)15-9/h3-6,15H,7H2,1-2H3,(H,16,17). The monoisotopic (exact) mass is 251 g/mol. The SMILES string of the molecule is CC(C)(Cc1cc2cccc(Cl)c2[nH]1)C(=O)O. The molecule has 0 aliphatic rings. The number of carboxylic acid groups (broad SMARTS) is 1. The van der Waals surface area contributed by atoms with Crippen LogP contribution in [0.25, 0.3) is 10.9 Å². The van der Waals surface area contributed by atoms with Gasteiger partial charge < -0.3 is 10.1 Å². The largest absolute Gasteiger partial charge is 0.481 e. The zero-order valence-electron chi connectivity index (χ0n) is 9.75. The predicted octanol–water partition coefficient (Wildman–Crippen LogP) is 3.47. The molecular weight excluding hydrogens is 238 g/mol. The number of aromatic nitrogens is 1. The number of rotatable bonds is 3. The second-order valence-electron chi connectivity index (χ2n) is 4.86. The van der Waals surface area contributed by atoms with Crippen molar-refractivity contribution in [3.8, 4) is 0 Å². The van der Waals surface area contributed by atoms with Crippen molar-refractivity contribution in [1.82, 2.24) is 4.98 Å². The predicted molar refractivity (Wildman–Crippen MR) is 68.4 cm³/mol. The average molecular weight is 252 g/mol. The van der Waals surface area contributed by atoms with Crippen LogP contribution in [0.3, 0.4) is 0 Å². The fraction of sp³-hybridized carbons (Fsp3) is 0.308. The molecule has 0 radical (unpaired) electrons. The Bertz CT molecular complexity index is 572. The van der Waals surface area contributed by atoms with Gasteiger partial charge in [0.15, 0.2) is 0 Å². The zero-order valence-corrected chi connectivity index (χ0v) is 10.5. The van der Waals surface area contributed by atoms with Gasteiger partial charge in [0.05, 0.1) is 16.0 Å². The molecule has 0 saturated carbocycles. The molecule has 17 heavy (non-hydrogen) atoms. The Balaban J connectivity index is 2.38. The Morgan fingerprint density at radius 1 is 1.47 bits per heavy atom.